The van der Waals surface area contributed by atoms with E-state index in [1.807, 2.05) is 54.6 Å². The summed E-state index contributed by atoms with van der Waals surface area (Å²) in [6.07, 6.45) is 1.43. The molecule has 0 radical (unpaired) electrons. The van der Waals surface area contributed by atoms with Crippen LogP contribution in [-0.4, -0.2) is 32.7 Å². The number of aliphatic hydroxyl groups excluding tert-OH is 1. The van der Waals surface area contributed by atoms with Gasteiger partial charge in [-0.15, -0.1) is 0 Å². The van der Waals surface area contributed by atoms with E-state index in [-0.39, 0.29) is 17.7 Å². The molecule has 1 unspecified atom stereocenters. The minimum atomic E-state index is -1.86. The monoisotopic (exact) mass is 416 g/mol. The highest BCUT2D eigenvalue weighted by Crippen LogP contribution is 2.38. The van der Waals surface area contributed by atoms with E-state index in [1.54, 1.807) is 0 Å². The van der Waals surface area contributed by atoms with Gasteiger partial charge in [0.05, 0.1) is 12.7 Å². The molecule has 1 N–H and O–H groups in total. The molecule has 0 fully saturated rings. The van der Waals surface area contributed by atoms with Crippen molar-refractivity contribution in [3.05, 3.63) is 60.2 Å². The van der Waals surface area contributed by atoms with Gasteiger partial charge >= 0.3 is 0 Å². The van der Waals surface area contributed by atoms with Gasteiger partial charge in [0.1, 0.15) is 18.1 Å². The van der Waals surface area contributed by atoms with E-state index in [9.17, 15) is 5.11 Å². The summed E-state index contributed by atoms with van der Waals surface area (Å²) < 4.78 is 18.2. The van der Waals surface area contributed by atoms with Gasteiger partial charge in [0, 0.05) is 13.0 Å². The van der Waals surface area contributed by atoms with Crippen LogP contribution < -0.4 is 9.47 Å². The van der Waals surface area contributed by atoms with Crippen molar-refractivity contribution in [1.82, 2.24) is 0 Å². The molecule has 5 heteroatoms. The highest BCUT2D eigenvalue weighted by atomic mass is 28.4. The first-order valence-corrected chi connectivity index (χ1v) is 13.3. The minimum Gasteiger partial charge on any atom is -0.493 e. The lowest BCUT2D eigenvalue weighted by atomic mass is 10.2. The van der Waals surface area contributed by atoms with E-state index in [0.29, 0.717) is 19.6 Å². The lowest BCUT2D eigenvalue weighted by Gasteiger charge is -2.39. The molecule has 2 aromatic carbocycles. The molecule has 160 valence electrons. The number of rotatable bonds is 11. The Morgan fingerprint density at radius 1 is 0.862 bits per heavy atom. The van der Waals surface area contributed by atoms with E-state index >= 15 is 0 Å². The quantitative estimate of drug-likeness (QED) is 0.470. The number of ether oxygens (including phenoxy) is 2. The number of hydrogen-bond acceptors (Lipinski definition) is 4. The summed E-state index contributed by atoms with van der Waals surface area (Å²) in [7, 11) is -1.86. The van der Waals surface area contributed by atoms with Crippen molar-refractivity contribution in [3.8, 4) is 11.5 Å². The van der Waals surface area contributed by atoms with E-state index in [2.05, 4.69) is 33.9 Å². The fourth-order valence-electron chi connectivity index (χ4n) is 2.68. The molecule has 0 aliphatic rings. The SMILES string of the molecule is CC(C)(C)[Si](C)(C)OC(CCO)CCOc1ccc(OCc2ccccc2)cc1. The summed E-state index contributed by atoms with van der Waals surface area (Å²) in [6, 6.07) is 17.8. The summed E-state index contributed by atoms with van der Waals surface area (Å²) in [5.74, 6) is 1.63. The Hall–Kier alpha value is -1.82. The van der Waals surface area contributed by atoms with Gasteiger partial charge < -0.3 is 19.0 Å². The topological polar surface area (TPSA) is 47.9 Å². The molecule has 2 aromatic rings. The second-order valence-corrected chi connectivity index (χ2v) is 13.7. The lowest BCUT2D eigenvalue weighted by molar-refractivity contribution is 0.115. The maximum absolute atomic E-state index is 9.40. The van der Waals surface area contributed by atoms with Crippen LogP contribution in [0.4, 0.5) is 0 Å². The first kappa shape index (κ1) is 23.5. The standard InChI is InChI=1S/C24H36O4Si/c1-24(2,3)29(4,5)28-23(15-17-25)16-18-26-21-11-13-22(14-12-21)27-19-20-9-7-6-8-10-20/h6-14,23,25H,15-19H2,1-5H3. The Kier molecular flexibility index (Phi) is 8.74. The first-order chi connectivity index (χ1) is 13.7. The van der Waals surface area contributed by atoms with Crippen LogP contribution in [0.3, 0.4) is 0 Å². The van der Waals surface area contributed by atoms with Gasteiger partial charge in [0.25, 0.3) is 0 Å². The van der Waals surface area contributed by atoms with Crippen LogP contribution in [0.25, 0.3) is 0 Å². The van der Waals surface area contributed by atoms with E-state index in [1.165, 1.54) is 0 Å². The molecular formula is C24H36O4Si. The molecule has 0 amide bonds. The third-order valence-electron chi connectivity index (χ3n) is 5.50. The van der Waals surface area contributed by atoms with Crippen LogP contribution >= 0.6 is 0 Å². The Balaban J connectivity index is 1.80. The van der Waals surface area contributed by atoms with Crippen LogP contribution in [0.2, 0.25) is 18.1 Å². The zero-order chi connectivity index (χ0) is 21.3. The molecule has 1 atom stereocenters. The molecular weight excluding hydrogens is 380 g/mol. The molecule has 29 heavy (non-hydrogen) atoms. The molecule has 0 aliphatic heterocycles. The average molecular weight is 417 g/mol. The Morgan fingerprint density at radius 2 is 1.45 bits per heavy atom. The van der Waals surface area contributed by atoms with Gasteiger partial charge in [0.15, 0.2) is 8.32 Å². The summed E-state index contributed by atoms with van der Waals surface area (Å²) in [5, 5.41) is 9.55. The van der Waals surface area contributed by atoms with Gasteiger partial charge in [-0.25, -0.2) is 0 Å². The van der Waals surface area contributed by atoms with Crippen molar-refractivity contribution >= 4 is 8.32 Å². The van der Waals surface area contributed by atoms with Gasteiger partial charge in [-0.2, -0.15) is 0 Å². The maximum atomic E-state index is 9.40. The number of hydrogen-bond donors (Lipinski definition) is 1. The predicted molar refractivity (Wildman–Crippen MR) is 121 cm³/mol. The highest BCUT2D eigenvalue weighted by Gasteiger charge is 2.38. The third-order valence-corrected chi connectivity index (χ3v) is 10.0. The smallest absolute Gasteiger partial charge is 0.192 e. The molecule has 0 saturated heterocycles. The number of benzene rings is 2. The first-order valence-electron chi connectivity index (χ1n) is 10.4. The molecule has 0 aliphatic carbocycles. The van der Waals surface area contributed by atoms with Crippen molar-refractivity contribution < 1.29 is 19.0 Å². The zero-order valence-electron chi connectivity index (χ0n) is 18.5. The zero-order valence-corrected chi connectivity index (χ0v) is 19.5. The van der Waals surface area contributed by atoms with Crippen LogP contribution in [0, 0.1) is 0 Å². The van der Waals surface area contributed by atoms with Crippen LogP contribution in [0.15, 0.2) is 54.6 Å². The molecule has 0 bridgehead atoms. The summed E-state index contributed by atoms with van der Waals surface area (Å²) in [6.45, 7) is 12.4. The largest absolute Gasteiger partial charge is 0.493 e. The van der Waals surface area contributed by atoms with Gasteiger partial charge in [-0.3, -0.25) is 0 Å². The number of aliphatic hydroxyl groups is 1. The van der Waals surface area contributed by atoms with Crippen molar-refractivity contribution in [3.63, 3.8) is 0 Å². The fourth-order valence-corrected chi connectivity index (χ4v) is 4.10. The summed E-state index contributed by atoms with van der Waals surface area (Å²) >= 11 is 0. The molecule has 4 nitrogen and oxygen atoms in total. The molecule has 0 spiro atoms. The second kappa shape index (κ2) is 10.8. The van der Waals surface area contributed by atoms with Crippen LogP contribution in [-0.2, 0) is 11.0 Å². The van der Waals surface area contributed by atoms with E-state index < -0.39 is 8.32 Å². The molecule has 0 saturated carbocycles. The average Bonchev–Trinajstić information content (AvgIpc) is 2.67. The molecule has 0 heterocycles. The Bertz CT molecular complexity index is 708. The normalized spacial score (nSPS) is 13.2. The van der Waals surface area contributed by atoms with Crippen molar-refractivity contribution in [2.24, 2.45) is 0 Å². The molecule has 0 aromatic heterocycles. The molecule has 2 rings (SSSR count). The van der Waals surface area contributed by atoms with Crippen molar-refractivity contribution in [1.29, 1.82) is 0 Å². The highest BCUT2D eigenvalue weighted by molar-refractivity contribution is 6.74. The fraction of sp³-hybridized carbons (Fsp3) is 0.500. The van der Waals surface area contributed by atoms with Crippen molar-refractivity contribution in [2.45, 2.75) is 64.5 Å². The van der Waals surface area contributed by atoms with Gasteiger partial charge in [-0.05, 0) is 54.4 Å². The third kappa shape index (κ3) is 7.84. The minimum absolute atomic E-state index is 0.0226. The summed E-state index contributed by atoms with van der Waals surface area (Å²) in [5.41, 5.74) is 1.14. The van der Waals surface area contributed by atoms with E-state index in [0.717, 1.165) is 23.5 Å². The Morgan fingerprint density at radius 3 is 2.00 bits per heavy atom. The van der Waals surface area contributed by atoms with Gasteiger partial charge in [-0.1, -0.05) is 51.1 Å². The lowest BCUT2D eigenvalue weighted by Crippen LogP contribution is -2.44. The Labute approximate surface area is 177 Å². The van der Waals surface area contributed by atoms with Gasteiger partial charge in [0.2, 0.25) is 0 Å². The maximum Gasteiger partial charge on any atom is 0.192 e. The van der Waals surface area contributed by atoms with Crippen LogP contribution in [0.1, 0.15) is 39.2 Å². The van der Waals surface area contributed by atoms with E-state index in [4.69, 9.17) is 13.9 Å². The second-order valence-electron chi connectivity index (χ2n) is 8.90. The summed E-state index contributed by atoms with van der Waals surface area (Å²) in [4.78, 5) is 0. The van der Waals surface area contributed by atoms with Crippen LogP contribution in [0.5, 0.6) is 11.5 Å². The van der Waals surface area contributed by atoms with Crippen molar-refractivity contribution in [2.75, 3.05) is 13.2 Å². The predicted octanol–water partition coefficient (Wildman–Crippen LogP) is 5.81.